The van der Waals surface area contributed by atoms with Crippen LogP contribution in [0.5, 0.6) is 11.5 Å². The molecule has 0 atom stereocenters. The van der Waals surface area contributed by atoms with E-state index in [1.54, 1.807) is 29.1 Å². The molecular weight excluding hydrogens is 392 g/mol. The van der Waals surface area contributed by atoms with E-state index in [0.29, 0.717) is 22.9 Å². The Hall–Kier alpha value is -3.56. The third kappa shape index (κ3) is 4.53. The largest absolute Gasteiger partial charge is 0.454 e. The number of rotatable bonds is 7. The zero-order valence-corrected chi connectivity index (χ0v) is 16.3. The van der Waals surface area contributed by atoms with E-state index in [1.165, 1.54) is 6.07 Å². The molecule has 2 heterocycles. The van der Waals surface area contributed by atoms with Crippen molar-refractivity contribution in [2.24, 2.45) is 0 Å². The molecule has 10 heteroatoms. The highest BCUT2D eigenvalue weighted by Gasteiger charge is 2.21. The number of ether oxygens (including phenoxy) is 3. The monoisotopic (exact) mass is 414 g/mol. The van der Waals surface area contributed by atoms with E-state index in [2.05, 4.69) is 15.7 Å². The summed E-state index contributed by atoms with van der Waals surface area (Å²) in [6.07, 6.45) is 5.98. The minimum Gasteiger partial charge on any atom is -0.454 e. The third-order valence-corrected chi connectivity index (χ3v) is 5.00. The zero-order valence-electron chi connectivity index (χ0n) is 16.3. The van der Waals surface area contributed by atoms with E-state index in [9.17, 15) is 14.4 Å². The topological polar surface area (TPSA) is 121 Å². The number of benzene rings is 1. The van der Waals surface area contributed by atoms with Gasteiger partial charge in [-0.25, -0.2) is 4.68 Å². The van der Waals surface area contributed by atoms with Crippen molar-refractivity contribution in [2.75, 3.05) is 25.3 Å². The highest BCUT2D eigenvalue weighted by Crippen LogP contribution is 2.32. The van der Waals surface area contributed by atoms with Gasteiger partial charge in [0.05, 0.1) is 12.2 Å². The molecule has 30 heavy (non-hydrogen) atoms. The van der Waals surface area contributed by atoms with Crippen molar-refractivity contribution >= 4 is 23.6 Å². The lowest BCUT2D eigenvalue weighted by Crippen LogP contribution is -2.32. The van der Waals surface area contributed by atoms with Gasteiger partial charge in [-0.05, 0) is 31.0 Å². The van der Waals surface area contributed by atoms with Gasteiger partial charge in [-0.1, -0.05) is 12.8 Å². The molecule has 2 amide bonds. The fraction of sp³-hybridized carbons (Fsp3) is 0.400. The van der Waals surface area contributed by atoms with Crippen LogP contribution < -0.4 is 20.1 Å². The minimum absolute atomic E-state index is 0.107. The molecular formula is C20H22N4O6. The quantitative estimate of drug-likeness (QED) is 0.661. The number of nitrogens with one attached hydrogen (secondary N) is 2. The molecule has 0 radical (unpaired) electrons. The average Bonchev–Trinajstić information content (AvgIpc) is 3.50. The summed E-state index contributed by atoms with van der Waals surface area (Å²) in [5, 5.41) is 9.43. The van der Waals surface area contributed by atoms with Crippen LogP contribution in [-0.2, 0) is 14.3 Å². The molecule has 0 bridgehead atoms. The fourth-order valence-corrected chi connectivity index (χ4v) is 3.52. The molecule has 0 saturated heterocycles. The number of hydrogen-bond acceptors (Lipinski definition) is 7. The average molecular weight is 414 g/mol. The molecule has 0 spiro atoms. The number of carbonyl (C=O) groups is 3. The lowest BCUT2D eigenvalue weighted by molar-refractivity contribution is -0.146. The Labute approximate surface area is 172 Å². The van der Waals surface area contributed by atoms with Gasteiger partial charge in [-0.15, -0.1) is 0 Å². The van der Waals surface area contributed by atoms with Crippen LogP contribution in [0.1, 0.15) is 42.1 Å². The lowest BCUT2D eigenvalue weighted by Gasteiger charge is -2.14. The Kier molecular flexibility index (Phi) is 5.82. The Morgan fingerprint density at radius 1 is 1.13 bits per heavy atom. The number of anilines is 1. The smallest absolute Gasteiger partial charge is 0.325 e. The van der Waals surface area contributed by atoms with E-state index in [0.717, 1.165) is 25.7 Å². The van der Waals surface area contributed by atoms with Gasteiger partial charge in [0.25, 0.3) is 11.8 Å². The molecule has 1 fully saturated rings. The zero-order chi connectivity index (χ0) is 20.9. The molecule has 2 N–H and O–H groups in total. The van der Waals surface area contributed by atoms with Crippen molar-refractivity contribution in [3.05, 3.63) is 36.0 Å². The predicted molar refractivity (Wildman–Crippen MR) is 104 cm³/mol. The maximum absolute atomic E-state index is 12.2. The summed E-state index contributed by atoms with van der Waals surface area (Å²) in [6.45, 7) is -0.703. The van der Waals surface area contributed by atoms with Crippen molar-refractivity contribution in [1.82, 2.24) is 15.1 Å². The number of carbonyl (C=O) groups excluding carboxylic acids is 3. The first kappa shape index (κ1) is 19.7. The number of esters is 1. The van der Waals surface area contributed by atoms with Crippen LogP contribution >= 0.6 is 0 Å². The van der Waals surface area contributed by atoms with Crippen molar-refractivity contribution < 1.29 is 28.6 Å². The molecule has 1 aliphatic carbocycles. The summed E-state index contributed by atoms with van der Waals surface area (Å²) in [4.78, 5) is 36.1. The van der Waals surface area contributed by atoms with Crippen LogP contribution in [0.3, 0.4) is 0 Å². The molecule has 1 aromatic heterocycles. The van der Waals surface area contributed by atoms with Gasteiger partial charge in [-0.3, -0.25) is 14.4 Å². The number of aromatic nitrogens is 2. The molecule has 4 rings (SSSR count). The minimum atomic E-state index is -0.719. The second-order valence-corrected chi connectivity index (χ2v) is 7.06. The van der Waals surface area contributed by atoms with Gasteiger partial charge in [0.2, 0.25) is 6.79 Å². The number of amides is 2. The maximum Gasteiger partial charge on any atom is 0.325 e. The van der Waals surface area contributed by atoms with Crippen LogP contribution in [0.25, 0.3) is 0 Å². The highest BCUT2D eigenvalue weighted by molar-refractivity contribution is 5.97. The van der Waals surface area contributed by atoms with Crippen LogP contribution in [0, 0.1) is 0 Å². The Morgan fingerprint density at radius 2 is 1.93 bits per heavy atom. The van der Waals surface area contributed by atoms with Gasteiger partial charge in [0.1, 0.15) is 12.4 Å². The standard InChI is InChI=1S/C20H22N4O6/c25-18(23-17-7-8-22-24(17)14-3-1-2-4-14)11-28-19(26)10-21-20(27)13-5-6-15-16(9-13)30-12-29-15/h5-9,14H,1-4,10-12H2,(H,21,27)(H,23,25). The summed E-state index contributed by atoms with van der Waals surface area (Å²) in [7, 11) is 0. The Balaban J connectivity index is 1.21. The SMILES string of the molecule is O=C(COC(=O)CNC(=O)c1ccc2c(c1)OCO2)Nc1ccnn1C1CCCC1. The normalized spacial score (nSPS) is 15.1. The summed E-state index contributed by atoms with van der Waals surface area (Å²) < 4.78 is 17.1. The van der Waals surface area contributed by atoms with E-state index < -0.39 is 24.4 Å². The lowest BCUT2D eigenvalue weighted by atomic mass is 10.2. The molecule has 10 nitrogen and oxygen atoms in total. The number of hydrogen-bond donors (Lipinski definition) is 2. The first-order valence-electron chi connectivity index (χ1n) is 9.77. The van der Waals surface area contributed by atoms with Crippen molar-refractivity contribution in [3.63, 3.8) is 0 Å². The van der Waals surface area contributed by atoms with Gasteiger partial charge in [-0.2, -0.15) is 5.10 Å². The molecule has 1 aliphatic heterocycles. The van der Waals surface area contributed by atoms with Crippen LogP contribution in [0.2, 0.25) is 0 Å². The van der Waals surface area contributed by atoms with Crippen LogP contribution in [-0.4, -0.2) is 47.5 Å². The molecule has 1 aromatic carbocycles. The Morgan fingerprint density at radius 3 is 2.77 bits per heavy atom. The summed E-state index contributed by atoms with van der Waals surface area (Å²) in [5.74, 6) is -0.0343. The summed E-state index contributed by atoms with van der Waals surface area (Å²) in [5.41, 5.74) is 0.324. The van der Waals surface area contributed by atoms with E-state index in [4.69, 9.17) is 14.2 Å². The molecule has 2 aliphatic rings. The molecule has 1 saturated carbocycles. The summed E-state index contributed by atoms with van der Waals surface area (Å²) >= 11 is 0. The van der Waals surface area contributed by atoms with Gasteiger partial charge < -0.3 is 24.8 Å². The van der Waals surface area contributed by atoms with Crippen LogP contribution in [0.4, 0.5) is 5.82 Å². The van der Waals surface area contributed by atoms with Crippen molar-refractivity contribution in [2.45, 2.75) is 31.7 Å². The predicted octanol–water partition coefficient (Wildman–Crippen LogP) is 1.64. The van der Waals surface area contributed by atoms with E-state index >= 15 is 0 Å². The van der Waals surface area contributed by atoms with Gasteiger partial charge >= 0.3 is 5.97 Å². The van der Waals surface area contributed by atoms with Crippen molar-refractivity contribution in [3.8, 4) is 11.5 Å². The second-order valence-electron chi connectivity index (χ2n) is 7.06. The van der Waals surface area contributed by atoms with E-state index in [1.807, 2.05) is 0 Å². The fourth-order valence-electron chi connectivity index (χ4n) is 3.52. The van der Waals surface area contributed by atoms with E-state index in [-0.39, 0.29) is 19.4 Å². The Bertz CT molecular complexity index is 951. The molecule has 0 unspecified atom stereocenters. The molecule has 158 valence electrons. The van der Waals surface area contributed by atoms with Crippen molar-refractivity contribution in [1.29, 1.82) is 0 Å². The first-order chi connectivity index (χ1) is 14.6. The first-order valence-corrected chi connectivity index (χ1v) is 9.77. The summed E-state index contributed by atoms with van der Waals surface area (Å²) in [6, 6.07) is 6.71. The highest BCUT2D eigenvalue weighted by atomic mass is 16.7. The molecule has 2 aromatic rings. The van der Waals surface area contributed by atoms with Gasteiger partial charge in [0.15, 0.2) is 18.1 Å². The number of nitrogens with zero attached hydrogens (tertiary/aromatic N) is 2. The number of fused-ring (bicyclic) bond motifs is 1. The second kappa shape index (κ2) is 8.85. The maximum atomic E-state index is 12.2. The van der Waals surface area contributed by atoms with Crippen LogP contribution in [0.15, 0.2) is 30.5 Å². The van der Waals surface area contributed by atoms with Gasteiger partial charge in [0, 0.05) is 11.6 Å². The third-order valence-electron chi connectivity index (χ3n) is 5.00.